The van der Waals surface area contributed by atoms with Crippen LogP contribution in [-0.4, -0.2) is 29.2 Å². The molecule has 0 saturated carbocycles. The molecule has 0 radical (unpaired) electrons. The molecule has 0 fully saturated rings. The number of rotatable bonds is 6. The Labute approximate surface area is 218 Å². The van der Waals surface area contributed by atoms with Gasteiger partial charge in [0.05, 0.1) is 29.0 Å². The Balaban J connectivity index is 1.51. The molecule has 0 spiro atoms. The minimum Gasteiger partial charge on any atom is -0.494 e. The fourth-order valence-electron chi connectivity index (χ4n) is 3.44. The number of hydrogen-bond acceptors (Lipinski definition) is 7. The van der Waals surface area contributed by atoms with Gasteiger partial charge in [0, 0.05) is 42.1 Å². The van der Waals surface area contributed by atoms with E-state index < -0.39 is 6.03 Å². The molecule has 2 aromatic heterocycles. The molecule has 3 amide bonds. The van der Waals surface area contributed by atoms with E-state index in [4.69, 9.17) is 25.6 Å². The molecule has 0 bridgehead atoms. The number of hydrogen-bond donors (Lipinski definition) is 3. The van der Waals surface area contributed by atoms with Crippen molar-refractivity contribution in [1.29, 1.82) is 0 Å². The number of carbonyl (C=O) groups is 2. The molecule has 0 aliphatic heterocycles. The fraction of sp³-hybridized carbons (Fsp3) is 0.231. The van der Waals surface area contributed by atoms with Crippen molar-refractivity contribution in [3.8, 4) is 17.2 Å². The smallest absolute Gasteiger partial charge is 0.324 e. The van der Waals surface area contributed by atoms with Gasteiger partial charge >= 0.3 is 6.03 Å². The lowest BCUT2D eigenvalue weighted by Gasteiger charge is -2.14. The minimum atomic E-state index is -0.524. The molecule has 192 valence electrons. The van der Waals surface area contributed by atoms with E-state index in [0.717, 1.165) is 0 Å². The van der Waals surface area contributed by atoms with Crippen molar-refractivity contribution >= 4 is 51.6 Å². The molecule has 11 heteroatoms. The number of halogens is 1. The lowest BCUT2D eigenvalue weighted by atomic mass is 9.93. The number of ether oxygens (including phenoxy) is 2. The summed E-state index contributed by atoms with van der Waals surface area (Å²) in [6.45, 7) is 7.36. The second-order valence-corrected chi connectivity index (χ2v) is 9.62. The number of amides is 3. The number of nitrogens with zero attached hydrogens (tertiary/aromatic N) is 2. The van der Waals surface area contributed by atoms with Crippen LogP contribution < -0.4 is 25.4 Å². The maximum absolute atomic E-state index is 12.4. The summed E-state index contributed by atoms with van der Waals surface area (Å²) in [5.74, 6) is 2.11. The number of methoxy groups -OCH3 is 1. The highest BCUT2D eigenvalue weighted by Crippen LogP contribution is 2.37. The fourth-order valence-corrected chi connectivity index (χ4v) is 3.66. The predicted molar refractivity (Wildman–Crippen MR) is 142 cm³/mol. The summed E-state index contributed by atoms with van der Waals surface area (Å²) in [6.07, 6.45) is 1.60. The van der Waals surface area contributed by atoms with Gasteiger partial charge in [-0.05, 0) is 24.3 Å². The summed E-state index contributed by atoms with van der Waals surface area (Å²) >= 11 is 6.41. The number of aromatic nitrogens is 2. The molecular weight excluding hydrogens is 498 g/mol. The lowest BCUT2D eigenvalue weighted by molar-refractivity contribution is -0.114. The van der Waals surface area contributed by atoms with Gasteiger partial charge < -0.3 is 24.6 Å². The number of pyridine rings is 1. The second-order valence-electron chi connectivity index (χ2n) is 9.21. The molecule has 2 heterocycles. The first-order chi connectivity index (χ1) is 17.5. The van der Waals surface area contributed by atoms with Gasteiger partial charge in [0.2, 0.25) is 5.91 Å². The van der Waals surface area contributed by atoms with E-state index in [1.54, 1.807) is 48.7 Å². The van der Waals surface area contributed by atoms with Crippen LogP contribution in [0.5, 0.6) is 17.2 Å². The monoisotopic (exact) mass is 523 g/mol. The highest BCUT2D eigenvalue weighted by atomic mass is 35.5. The normalized spacial score (nSPS) is 11.2. The van der Waals surface area contributed by atoms with Crippen molar-refractivity contribution in [3.63, 3.8) is 0 Å². The van der Waals surface area contributed by atoms with E-state index in [1.165, 1.54) is 14.0 Å². The Morgan fingerprint density at radius 3 is 2.41 bits per heavy atom. The van der Waals surface area contributed by atoms with Gasteiger partial charge in [-0.25, -0.2) is 4.79 Å². The van der Waals surface area contributed by atoms with Gasteiger partial charge in [-0.2, -0.15) is 0 Å². The highest BCUT2D eigenvalue weighted by Gasteiger charge is 2.20. The van der Waals surface area contributed by atoms with Crippen LogP contribution in [-0.2, 0) is 10.2 Å². The van der Waals surface area contributed by atoms with Crippen molar-refractivity contribution in [2.45, 2.75) is 33.1 Å². The van der Waals surface area contributed by atoms with Crippen molar-refractivity contribution in [2.24, 2.45) is 0 Å². The van der Waals surface area contributed by atoms with Crippen LogP contribution >= 0.6 is 11.6 Å². The molecule has 3 N–H and O–H groups in total. The van der Waals surface area contributed by atoms with Crippen LogP contribution in [0.3, 0.4) is 0 Å². The Hall–Kier alpha value is -4.31. The molecule has 37 heavy (non-hydrogen) atoms. The average Bonchev–Trinajstić information content (AvgIpc) is 3.29. The average molecular weight is 524 g/mol. The summed E-state index contributed by atoms with van der Waals surface area (Å²) in [4.78, 5) is 28.4. The van der Waals surface area contributed by atoms with E-state index in [0.29, 0.717) is 51.1 Å². The first-order valence-corrected chi connectivity index (χ1v) is 11.7. The van der Waals surface area contributed by atoms with E-state index in [1.807, 2.05) is 20.8 Å². The third-order valence-electron chi connectivity index (χ3n) is 5.24. The van der Waals surface area contributed by atoms with Crippen molar-refractivity contribution < 1.29 is 23.6 Å². The zero-order chi connectivity index (χ0) is 26.7. The summed E-state index contributed by atoms with van der Waals surface area (Å²) in [5, 5.41) is 12.8. The SMILES string of the molecule is COc1cc2nccc(Oc3ccc(NC(=O)Nc4cc(C(C)(C)C)on4)c(Cl)c3)c2cc1NC(C)=O. The van der Waals surface area contributed by atoms with Crippen molar-refractivity contribution in [2.75, 3.05) is 23.1 Å². The van der Waals surface area contributed by atoms with Crippen molar-refractivity contribution in [1.82, 2.24) is 10.1 Å². The van der Waals surface area contributed by atoms with Crippen LogP contribution in [0.15, 0.2) is 53.2 Å². The van der Waals surface area contributed by atoms with Crippen LogP contribution in [0.4, 0.5) is 22.0 Å². The van der Waals surface area contributed by atoms with Crippen molar-refractivity contribution in [3.05, 3.63) is 59.4 Å². The summed E-state index contributed by atoms with van der Waals surface area (Å²) in [7, 11) is 1.51. The topological polar surface area (TPSA) is 128 Å². The molecule has 10 nitrogen and oxygen atoms in total. The van der Waals surface area contributed by atoms with E-state index in [2.05, 4.69) is 26.1 Å². The molecule has 2 aromatic carbocycles. The molecule has 0 saturated heterocycles. The molecule has 0 atom stereocenters. The Bertz CT molecular complexity index is 1480. The summed E-state index contributed by atoms with van der Waals surface area (Å²) in [6, 6.07) is 11.2. The largest absolute Gasteiger partial charge is 0.494 e. The number of benzene rings is 2. The second kappa shape index (κ2) is 10.4. The number of nitrogens with one attached hydrogen (secondary N) is 3. The maximum Gasteiger partial charge on any atom is 0.324 e. The maximum atomic E-state index is 12.4. The molecule has 0 aliphatic rings. The molecule has 0 unspecified atom stereocenters. The lowest BCUT2D eigenvalue weighted by Crippen LogP contribution is -2.19. The Kier molecular flexibility index (Phi) is 7.21. The number of fused-ring (bicyclic) bond motifs is 1. The van der Waals surface area contributed by atoms with Gasteiger partial charge in [0.15, 0.2) is 5.82 Å². The quantitative estimate of drug-likeness (QED) is 0.260. The third kappa shape index (κ3) is 6.10. The van der Waals surface area contributed by atoms with Gasteiger partial charge in [-0.15, -0.1) is 0 Å². The zero-order valence-electron chi connectivity index (χ0n) is 20.9. The Morgan fingerprint density at radius 2 is 1.76 bits per heavy atom. The molecule has 4 rings (SSSR count). The van der Waals surface area contributed by atoms with E-state index in [-0.39, 0.29) is 16.3 Å². The van der Waals surface area contributed by atoms with Crippen LogP contribution in [0.1, 0.15) is 33.5 Å². The summed E-state index contributed by atoms with van der Waals surface area (Å²) < 4.78 is 16.7. The van der Waals surface area contributed by atoms with E-state index in [9.17, 15) is 9.59 Å². The highest BCUT2D eigenvalue weighted by molar-refractivity contribution is 6.34. The first-order valence-electron chi connectivity index (χ1n) is 11.3. The third-order valence-corrected chi connectivity index (χ3v) is 5.55. The van der Waals surface area contributed by atoms with Gasteiger partial charge in [-0.1, -0.05) is 37.5 Å². The Morgan fingerprint density at radius 1 is 0.973 bits per heavy atom. The molecular formula is C26H26ClN5O5. The van der Waals surface area contributed by atoms with Crippen LogP contribution in [0.25, 0.3) is 10.9 Å². The zero-order valence-corrected chi connectivity index (χ0v) is 21.7. The molecule has 0 aliphatic carbocycles. The number of carbonyl (C=O) groups excluding carboxylic acids is 2. The van der Waals surface area contributed by atoms with E-state index >= 15 is 0 Å². The van der Waals surface area contributed by atoms with Gasteiger partial charge in [0.1, 0.15) is 23.0 Å². The number of urea groups is 1. The van der Waals surface area contributed by atoms with Gasteiger partial charge in [0.25, 0.3) is 0 Å². The van der Waals surface area contributed by atoms with Crippen LogP contribution in [0, 0.1) is 0 Å². The molecule has 4 aromatic rings. The first kappa shape index (κ1) is 25.8. The van der Waals surface area contributed by atoms with Gasteiger partial charge in [-0.3, -0.25) is 15.1 Å². The number of anilines is 3. The van der Waals surface area contributed by atoms with Crippen LogP contribution in [0.2, 0.25) is 5.02 Å². The predicted octanol–water partition coefficient (Wildman–Crippen LogP) is 6.58. The minimum absolute atomic E-state index is 0.235. The standard InChI is InChI=1S/C26H26ClN5O5/c1-14(33)29-20-11-16-19(12-22(20)35-5)28-9-8-21(16)36-15-6-7-18(17(27)10-15)30-25(34)31-24-13-23(37-32-24)26(2,3)4/h6-13H,1-5H3,(H,29,33)(H2,30,31,32,34). The summed E-state index contributed by atoms with van der Waals surface area (Å²) in [5.41, 5.74) is 1.25.